The van der Waals surface area contributed by atoms with Crippen molar-refractivity contribution in [3.8, 4) is 0 Å². The molecule has 16 heavy (non-hydrogen) atoms. The van der Waals surface area contributed by atoms with Gasteiger partial charge in [0.2, 0.25) is 5.91 Å². The molecule has 96 valence electrons. The van der Waals surface area contributed by atoms with E-state index < -0.39 is 0 Å². The first-order valence-corrected chi connectivity index (χ1v) is 6.45. The summed E-state index contributed by atoms with van der Waals surface area (Å²) in [5.41, 5.74) is -0.165. The fourth-order valence-corrected chi connectivity index (χ4v) is 2.22. The minimum Gasteiger partial charge on any atom is -0.354 e. The van der Waals surface area contributed by atoms with E-state index in [9.17, 15) is 4.79 Å². The number of amides is 1. The van der Waals surface area contributed by atoms with Gasteiger partial charge in [0.1, 0.15) is 0 Å². The molecule has 0 saturated carbocycles. The van der Waals surface area contributed by atoms with Crippen LogP contribution in [0.25, 0.3) is 0 Å². The highest BCUT2D eigenvalue weighted by atomic mass is 16.2. The Bertz CT molecular complexity index is 198. The number of carbonyl (C=O) groups is 1. The second-order valence-electron chi connectivity index (χ2n) is 4.94. The first kappa shape index (κ1) is 15.4. The number of hydrogen-bond acceptors (Lipinski definition) is 2. The summed E-state index contributed by atoms with van der Waals surface area (Å²) in [4.78, 5) is 12.2. The van der Waals surface area contributed by atoms with Crippen LogP contribution in [0.2, 0.25) is 0 Å². The molecule has 0 rings (SSSR count). The largest absolute Gasteiger partial charge is 0.354 e. The number of hydrogen-bond donors (Lipinski definition) is 2. The SMILES string of the molecule is CCC(CC)(CC(C)C)C(=O)NCCNC. The maximum atomic E-state index is 12.2. The van der Waals surface area contributed by atoms with Crippen molar-refractivity contribution in [2.75, 3.05) is 20.1 Å². The second kappa shape index (κ2) is 7.66. The Morgan fingerprint density at radius 3 is 2.12 bits per heavy atom. The molecule has 0 aliphatic rings. The van der Waals surface area contributed by atoms with Crippen molar-refractivity contribution in [2.45, 2.75) is 47.0 Å². The highest BCUT2D eigenvalue weighted by Crippen LogP contribution is 2.34. The molecular formula is C13H28N2O. The summed E-state index contributed by atoms with van der Waals surface area (Å²) in [6.07, 6.45) is 2.82. The van der Waals surface area contributed by atoms with Gasteiger partial charge in [-0.2, -0.15) is 0 Å². The maximum Gasteiger partial charge on any atom is 0.226 e. The Balaban J connectivity index is 4.43. The van der Waals surface area contributed by atoms with E-state index in [0.717, 1.165) is 32.4 Å². The van der Waals surface area contributed by atoms with Crippen molar-refractivity contribution < 1.29 is 4.79 Å². The molecule has 0 aromatic rings. The van der Waals surface area contributed by atoms with E-state index >= 15 is 0 Å². The van der Waals surface area contributed by atoms with Gasteiger partial charge >= 0.3 is 0 Å². The monoisotopic (exact) mass is 228 g/mol. The molecule has 0 aliphatic carbocycles. The van der Waals surface area contributed by atoms with Gasteiger partial charge in [-0.25, -0.2) is 0 Å². The van der Waals surface area contributed by atoms with Crippen LogP contribution in [0.1, 0.15) is 47.0 Å². The van der Waals surface area contributed by atoms with Crippen LogP contribution in [0.3, 0.4) is 0 Å². The molecule has 0 aromatic heterocycles. The van der Waals surface area contributed by atoms with Gasteiger partial charge in [-0.1, -0.05) is 27.7 Å². The summed E-state index contributed by atoms with van der Waals surface area (Å²) in [6.45, 7) is 10.1. The van der Waals surface area contributed by atoms with Crippen LogP contribution in [0.4, 0.5) is 0 Å². The standard InChI is InChI=1S/C13H28N2O/c1-6-13(7-2,10-11(3)4)12(16)15-9-8-14-5/h11,14H,6-10H2,1-5H3,(H,15,16). The molecule has 0 fully saturated rings. The summed E-state index contributed by atoms with van der Waals surface area (Å²) in [7, 11) is 1.90. The lowest BCUT2D eigenvalue weighted by molar-refractivity contribution is -0.132. The summed E-state index contributed by atoms with van der Waals surface area (Å²) < 4.78 is 0. The Hall–Kier alpha value is -0.570. The van der Waals surface area contributed by atoms with Gasteiger partial charge in [-0.05, 0) is 32.2 Å². The lowest BCUT2D eigenvalue weighted by atomic mass is 9.75. The van der Waals surface area contributed by atoms with Gasteiger partial charge in [0, 0.05) is 18.5 Å². The van der Waals surface area contributed by atoms with Crippen LogP contribution >= 0.6 is 0 Å². The summed E-state index contributed by atoms with van der Waals surface area (Å²) in [5, 5.41) is 6.07. The Kier molecular flexibility index (Phi) is 7.39. The van der Waals surface area contributed by atoms with Crippen molar-refractivity contribution in [1.82, 2.24) is 10.6 Å². The van der Waals surface area contributed by atoms with Crippen LogP contribution in [0.5, 0.6) is 0 Å². The lowest BCUT2D eigenvalue weighted by Crippen LogP contribution is -2.43. The Labute approximate surface area is 100 Å². The molecule has 0 atom stereocenters. The zero-order valence-electron chi connectivity index (χ0n) is 11.5. The molecule has 0 spiro atoms. The van der Waals surface area contributed by atoms with E-state index in [2.05, 4.69) is 38.3 Å². The van der Waals surface area contributed by atoms with Gasteiger partial charge in [0.25, 0.3) is 0 Å². The van der Waals surface area contributed by atoms with E-state index in [-0.39, 0.29) is 11.3 Å². The quantitative estimate of drug-likeness (QED) is 0.625. The molecule has 0 heterocycles. The topological polar surface area (TPSA) is 41.1 Å². The van der Waals surface area contributed by atoms with E-state index in [1.807, 2.05) is 7.05 Å². The first-order chi connectivity index (χ1) is 7.52. The normalized spacial score (nSPS) is 11.9. The van der Waals surface area contributed by atoms with Crippen molar-refractivity contribution >= 4 is 5.91 Å². The zero-order valence-corrected chi connectivity index (χ0v) is 11.5. The maximum absolute atomic E-state index is 12.2. The summed E-state index contributed by atoms with van der Waals surface area (Å²) in [6, 6.07) is 0. The Morgan fingerprint density at radius 1 is 1.19 bits per heavy atom. The molecule has 3 heteroatoms. The molecule has 0 radical (unpaired) electrons. The van der Waals surface area contributed by atoms with E-state index in [1.54, 1.807) is 0 Å². The minimum absolute atomic E-state index is 0.165. The van der Waals surface area contributed by atoms with Crippen LogP contribution in [0.15, 0.2) is 0 Å². The molecule has 0 saturated heterocycles. The molecule has 2 N–H and O–H groups in total. The van der Waals surface area contributed by atoms with Crippen molar-refractivity contribution in [1.29, 1.82) is 0 Å². The van der Waals surface area contributed by atoms with Gasteiger partial charge in [-0.15, -0.1) is 0 Å². The third kappa shape index (κ3) is 4.52. The smallest absolute Gasteiger partial charge is 0.226 e. The highest BCUT2D eigenvalue weighted by molar-refractivity contribution is 5.82. The van der Waals surface area contributed by atoms with Crippen molar-refractivity contribution in [2.24, 2.45) is 11.3 Å². The molecule has 0 aliphatic heterocycles. The average Bonchev–Trinajstić information content (AvgIpc) is 2.25. The van der Waals surface area contributed by atoms with Gasteiger partial charge in [-0.3, -0.25) is 4.79 Å². The van der Waals surface area contributed by atoms with Crippen LogP contribution < -0.4 is 10.6 Å². The van der Waals surface area contributed by atoms with Gasteiger partial charge < -0.3 is 10.6 Å². The Morgan fingerprint density at radius 2 is 1.75 bits per heavy atom. The molecule has 0 aromatic carbocycles. The third-order valence-electron chi connectivity index (χ3n) is 3.29. The van der Waals surface area contributed by atoms with Crippen LogP contribution in [-0.2, 0) is 4.79 Å². The van der Waals surface area contributed by atoms with Crippen molar-refractivity contribution in [3.63, 3.8) is 0 Å². The van der Waals surface area contributed by atoms with Crippen LogP contribution in [0, 0.1) is 11.3 Å². The van der Waals surface area contributed by atoms with E-state index in [0.29, 0.717) is 5.92 Å². The zero-order chi connectivity index (χ0) is 12.6. The van der Waals surface area contributed by atoms with Crippen LogP contribution in [-0.4, -0.2) is 26.0 Å². The fourth-order valence-electron chi connectivity index (χ4n) is 2.22. The number of carbonyl (C=O) groups excluding carboxylic acids is 1. The second-order valence-corrected chi connectivity index (χ2v) is 4.94. The first-order valence-electron chi connectivity index (χ1n) is 6.45. The van der Waals surface area contributed by atoms with E-state index in [1.165, 1.54) is 0 Å². The van der Waals surface area contributed by atoms with Crippen molar-refractivity contribution in [3.05, 3.63) is 0 Å². The molecule has 1 amide bonds. The van der Waals surface area contributed by atoms with E-state index in [4.69, 9.17) is 0 Å². The van der Waals surface area contributed by atoms with Gasteiger partial charge in [0.05, 0.1) is 0 Å². The molecule has 3 nitrogen and oxygen atoms in total. The minimum atomic E-state index is -0.165. The highest BCUT2D eigenvalue weighted by Gasteiger charge is 2.34. The fraction of sp³-hybridized carbons (Fsp3) is 0.923. The number of rotatable bonds is 8. The predicted octanol–water partition coefficient (Wildman–Crippen LogP) is 2.17. The number of likely N-dealkylation sites (N-methyl/N-ethyl adjacent to an activating group) is 1. The average molecular weight is 228 g/mol. The lowest BCUT2D eigenvalue weighted by Gasteiger charge is -2.32. The third-order valence-corrected chi connectivity index (χ3v) is 3.29. The molecular weight excluding hydrogens is 200 g/mol. The predicted molar refractivity (Wildman–Crippen MR) is 69.4 cm³/mol. The molecule has 0 bridgehead atoms. The van der Waals surface area contributed by atoms with Gasteiger partial charge in [0.15, 0.2) is 0 Å². The summed E-state index contributed by atoms with van der Waals surface area (Å²) in [5.74, 6) is 0.788. The number of nitrogens with one attached hydrogen (secondary N) is 2. The molecule has 0 unspecified atom stereocenters. The summed E-state index contributed by atoms with van der Waals surface area (Å²) >= 11 is 0.